The van der Waals surface area contributed by atoms with Gasteiger partial charge in [-0.15, -0.1) is 0 Å². The molecule has 1 aromatic rings. The Hall–Kier alpha value is -1.31. The van der Waals surface area contributed by atoms with Gasteiger partial charge < -0.3 is 4.74 Å². The number of hydrogen-bond donors (Lipinski definition) is 0. The molecule has 2 aliphatic rings. The third kappa shape index (κ3) is 7.43. The standard InChI is InChI=1S/C28H43FO/c1-3-5-20-30-28-19-18-26(21-27(28)29)17-16-25-14-12-24(13-15-25)11-10-23-8-6-22(4-2)7-9-23/h14,18-19,21-24H,3-13,15-17,20H2,1-2H3/t22-,23-,24?. The van der Waals surface area contributed by atoms with Gasteiger partial charge in [0, 0.05) is 0 Å². The first-order valence-corrected chi connectivity index (χ1v) is 12.8. The van der Waals surface area contributed by atoms with Gasteiger partial charge >= 0.3 is 0 Å². The molecule has 168 valence electrons. The SMILES string of the molecule is CCCCOc1ccc(CCC2=CCC(CC[C@H]3CC[C@H](CC)CC3)CC2)cc1F. The minimum atomic E-state index is -0.214. The Morgan fingerprint density at radius 2 is 1.70 bits per heavy atom. The molecule has 2 heteroatoms. The largest absolute Gasteiger partial charge is 0.491 e. The topological polar surface area (TPSA) is 9.23 Å². The van der Waals surface area contributed by atoms with Gasteiger partial charge in [0.15, 0.2) is 11.6 Å². The van der Waals surface area contributed by atoms with E-state index >= 15 is 0 Å². The first kappa shape index (κ1) is 23.4. The van der Waals surface area contributed by atoms with Crippen molar-refractivity contribution < 1.29 is 9.13 Å². The summed E-state index contributed by atoms with van der Waals surface area (Å²) >= 11 is 0. The highest BCUT2D eigenvalue weighted by atomic mass is 19.1. The maximum Gasteiger partial charge on any atom is 0.165 e. The van der Waals surface area contributed by atoms with Crippen LogP contribution in [0.1, 0.15) is 103 Å². The third-order valence-corrected chi connectivity index (χ3v) is 7.63. The first-order valence-electron chi connectivity index (χ1n) is 12.8. The van der Waals surface area contributed by atoms with Crippen molar-refractivity contribution in [2.45, 2.75) is 104 Å². The zero-order valence-corrected chi connectivity index (χ0v) is 19.4. The molecule has 0 N–H and O–H groups in total. The van der Waals surface area contributed by atoms with E-state index in [1.165, 1.54) is 64.2 Å². The minimum absolute atomic E-state index is 0.214. The fraction of sp³-hybridized carbons (Fsp3) is 0.714. The summed E-state index contributed by atoms with van der Waals surface area (Å²) in [5.41, 5.74) is 2.67. The van der Waals surface area contributed by atoms with Crippen molar-refractivity contribution in [1.82, 2.24) is 0 Å². The van der Waals surface area contributed by atoms with Crippen molar-refractivity contribution in [2.75, 3.05) is 6.61 Å². The Morgan fingerprint density at radius 3 is 2.37 bits per heavy atom. The first-order chi connectivity index (χ1) is 14.7. The minimum Gasteiger partial charge on any atom is -0.491 e. The monoisotopic (exact) mass is 414 g/mol. The van der Waals surface area contributed by atoms with Crippen molar-refractivity contribution in [3.8, 4) is 5.75 Å². The van der Waals surface area contributed by atoms with Gasteiger partial charge in [-0.05, 0) is 80.4 Å². The van der Waals surface area contributed by atoms with E-state index in [2.05, 4.69) is 19.9 Å². The van der Waals surface area contributed by atoms with Crippen LogP contribution in [-0.4, -0.2) is 6.61 Å². The normalized spacial score (nSPS) is 24.5. The summed E-state index contributed by atoms with van der Waals surface area (Å²) in [7, 11) is 0. The quantitative estimate of drug-likeness (QED) is 0.260. The third-order valence-electron chi connectivity index (χ3n) is 7.63. The van der Waals surface area contributed by atoms with E-state index in [1.807, 2.05) is 6.07 Å². The number of ether oxygens (including phenoxy) is 1. The molecule has 2 aliphatic carbocycles. The van der Waals surface area contributed by atoms with Gasteiger partial charge in [0.1, 0.15) is 0 Å². The highest BCUT2D eigenvalue weighted by Crippen LogP contribution is 2.36. The van der Waals surface area contributed by atoms with Gasteiger partial charge in [-0.2, -0.15) is 0 Å². The van der Waals surface area contributed by atoms with Crippen LogP contribution in [0.25, 0.3) is 0 Å². The summed E-state index contributed by atoms with van der Waals surface area (Å²) < 4.78 is 19.8. The Balaban J connectivity index is 1.35. The van der Waals surface area contributed by atoms with Crippen LogP contribution in [0.4, 0.5) is 4.39 Å². The molecule has 1 unspecified atom stereocenters. The predicted molar refractivity (Wildman–Crippen MR) is 126 cm³/mol. The molecular weight excluding hydrogens is 371 g/mol. The lowest BCUT2D eigenvalue weighted by Crippen LogP contribution is -2.15. The molecule has 0 saturated heterocycles. The van der Waals surface area contributed by atoms with Crippen LogP contribution < -0.4 is 4.74 Å². The van der Waals surface area contributed by atoms with Gasteiger partial charge in [0.25, 0.3) is 0 Å². The van der Waals surface area contributed by atoms with Crippen LogP contribution in [0.15, 0.2) is 29.8 Å². The molecule has 0 aromatic heterocycles. The molecule has 0 bridgehead atoms. The fourth-order valence-electron chi connectivity index (χ4n) is 5.28. The average molecular weight is 415 g/mol. The van der Waals surface area contributed by atoms with Crippen molar-refractivity contribution in [3.05, 3.63) is 41.2 Å². The summed E-state index contributed by atoms with van der Waals surface area (Å²) in [6.07, 6.45) is 20.6. The van der Waals surface area contributed by atoms with Crippen LogP contribution in [-0.2, 0) is 6.42 Å². The highest BCUT2D eigenvalue weighted by molar-refractivity contribution is 5.30. The van der Waals surface area contributed by atoms with Crippen molar-refractivity contribution in [3.63, 3.8) is 0 Å². The summed E-state index contributed by atoms with van der Waals surface area (Å²) in [6, 6.07) is 5.50. The van der Waals surface area contributed by atoms with E-state index in [-0.39, 0.29) is 5.82 Å². The van der Waals surface area contributed by atoms with E-state index < -0.39 is 0 Å². The van der Waals surface area contributed by atoms with Gasteiger partial charge in [0.2, 0.25) is 0 Å². The van der Waals surface area contributed by atoms with Crippen LogP contribution in [0.2, 0.25) is 0 Å². The number of aryl methyl sites for hydroxylation is 1. The number of allylic oxidation sites excluding steroid dienone is 2. The Bertz CT molecular complexity index is 657. The number of halogens is 1. The van der Waals surface area contributed by atoms with Crippen LogP contribution in [0.3, 0.4) is 0 Å². The highest BCUT2D eigenvalue weighted by Gasteiger charge is 2.22. The van der Waals surface area contributed by atoms with E-state index in [0.717, 1.165) is 49.0 Å². The second-order valence-electron chi connectivity index (χ2n) is 9.84. The molecule has 0 radical (unpaired) electrons. The summed E-state index contributed by atoms with van der Waals surface area (Å²) in [5, 5.41) is 0. The molecule has 30 heavy (non-hydrogen) atoms. The molecule has 1 aromatic carbocycles. The van der Waals surface area contributed by atoms with Crippen molar-refractivity contribution >= 4 is 0 Å². The molecule has 3 rings (SSSR count). The van der Waals surface area contributed by atoms with E-state index in [9.17, 15) is 4.39 Å². The van der Waals surface area contributed by atoms with Crippen LogP contribution in [0.5, 0.6) is 5.75 Å². The zero-order valence-electron chi connectivity index (χ0n) is 19.4. The van der Waals surface area contributed by atoms with E-state index in [4.69, 9.17) is 4.74 Å². The van der Waals surface area contributed by atoms with Crippen LogP contribution in [0, 0.1) is 23.6 Å². The number of rotatable bonds is 11. The lowest BCUT2D eigenvalue weighted by molar-refractivity contribution is 0.241. The molecule has 1 nitrogen and oxygen atoms in total. The van der Waals surface area contributed by atoms with E-state index in [1.54, 1.807) is 17.7 Å². The second-order valence-corrected chi connectivity index (χ2v) is 9.84. The molecule has 1 saturated carbocycles. The molecule has 1 atom stereocenters. The van der Waals surface area contributed by atoms with Crippen molar-refractivity contribution in [2.24, 2.45) is 17.8 Å². The van der Waals surface area contributed by atoms with Crippen molar-refractivity contribution in [1.29, 1.82) is 0 Å². The average Bonchev–Trinajstić information content (AvgIpc) is 2.79. The summed E-state index contributed by atoms with van der Waals surface area (Å²) in [4.78, 5) is 0. The molecular formula is C28H43FO. The Morgan fingerprint density at radius 1 is 0.933 bits per heavy atom. The van der Waals surface area contributed by atoms with Crippen LogP contribution >= 0.6 is 0 Å². The second kappa shape index (κ2) is 12.5. The predicted octanol–water partition coefficient (Wildman–Crippen LogP) is 8.66. The van der Waals surface area contributed by atoms with Gasteiger partial charge in [-0.1, -0.05) is 76.5 Å². The summed E-state index contributed by atoms with van der Waals surface area (Å²) in [6.45, 7) is 5.07. The smallest absolute Gasteiger partial charge is 0.165 e. The maximum atomic E-state index is 14.2. The maximum absolute atomic E-state index is 14.2. The molecule has 0 amide bonds. The summed E-state index contributed by atoms with van der Waals surface area (Å²) in [5.74, 6) is 3.10. The number of unbranched alkanes of at least 4 members (excludes halogenated alkanes) is 1. The molecule has 0 heterocycles. The number of hydrogen-bond acceptors (Lipinski definition) is 1. The fourth-order valence-corrected chi connectivity index (χ4v) is 5.28. The zero-order chi connectivity index (χ0) is 21.2. The Labute approximate surface area is 184 Å². The number of benzene rings is 1. The lowest BCUT2D eigenvalue weighted by atomic mass is 9.76. The van der Waals surface area contributed by atoms with Gasteiger partial charge in [-0.25, -0.2) is 4.39 Å². The lowest BCUT2D eigenvalue weighted by Gasteiger charge is -2.29. The molecule has 1 fully saturated rings. The van der Waals surface area contributed by atoms with E-state index in [0.29, 0.717) is 12.4 Å². The van der Waals surface area contributed by atoms with Gasteiger partial charge in [0.05, 0.1) is 6.61 Å². The molecule has 0 spiro atoms. The molecule has 0 aliphatic heterocycles. The Kier molecular flexibility index (Phi) is 9.75. The van der Waals surface area contributed by atoms with Gasteiger partial charge in [-0.3, -0.25) is 0 Å².